The molecular formula is C27H23ClN4O4. The minimum absolute atomic E-state index is 0.0344. The van der Waals surface area contributed by atoms with E-state index in [-0.39, 0.29) is 23.5 Å². The van der Waals surface area contributed by atoms with Gasteiger partial charge < -0.3 is 19.7 Å². The van der Waals surface area contributed by atoms with E-state index in [9.17, 15) is 9.59 Å². The van der Waals surface area contributed by atoms with Gasteiger partial charge in [0.2, 0.25) is 5.91 Å². The topological polar surface area (TPSA) is 108 Å². The lowest BCUT2D eigenvalue weighted by Gasteiger charge is -2.40. The lowest BCUT2D eigenvalue weighted by molar-refractivity contribution is -0.145. The number of carboxylic acid groups (broad SMARTS) is 1. The average Bonchev–Trinajstić information content (AvgIpc) is 3.20. The van der Waals surface area contributed by atoms with Gasteiger partial charge in [-0.1, -0.05) is 48.0 Å². The van der Waals surface area contributed by atoms with Crippen LogP contribution < -0.4 is 4.74 Å². The SMILES string of the molecule is O=C(O)c1ccc(-c2ccc(-c3nc4nc(O[C@H]5C[C@@H](C(=O)N6CCC6)C5)[nH]c4cc3Cl)cc2)cc1. The third-order valence-corrected chi connectivity index (χ3v) is 7.21. The van der Waals surface area contributed by atoms with Gasteiger partial charge in [0.1, 0.15) is 6.10 Å². The molecule has 2 aromatic carbocycles. The first kappa shape index (κ1) is 22.5. The fraction of sp³-hybridized carbons (Fsp3) is 0.259. The number of carbonyl (C=O) groups excluding carboxylic acids is 1. The molecule has 0 spiro atoms. The first-order chi connectivity index (χ1) is 17.4. The van der Waals surface area contributed by atoms with Crippen molar-refractivity contribution < 1.29 is 19.4 Å². The van der Waals surface area contributed by atoms with Crippen LogP contribution in [0.15, 0.2) is 54.6 Å². The van der Waals surface area contributed by atoms with Crippen LogP contribution in [0.2, 0.25) is 5.02 Å². The molecule has 1 aliphatic carbocycles. The molecule has 8 nitrogen and oxygen atoms in total. The number of halogens is 1. The van der Waals surface area contributed by atoms with Crippen molar-refractivity contribution in [3.05, 3.63) is 65.2 Å². The van der Waals surface area contributed by atoms with E-state index in [2.05, 4.69) is 15.0 Å². The number of pyridine rings is 1. The fourth-order valence-corrected chi connectivity index (χ4v) is 4.86. The molecule has 1 aliphatic heterocycles. The standard InChI is InChI=1S/C27H23ClN4O4/c28-21-14-22-24(31-27(29-22)36-20-12-19(13-20)25(33)32-10-1-11-32)30-23(21)17-6-2-15(3-7-17)16-4-8-18(9-5-16)26(34)35/h2-9,14,19-20H,1,10-13H2,(H,34,35)(H,29,30,31)/t19-,20+. The number of hydrogen-bond acceptors (Lipinski definition) is 5. The summed E-state index contributed by atoms with van der Waals surface area (Å²) < 4.78 is 5.96. The summed E-state index contributed by atoms with van der Waals surface area (Å²) in [7, 11) is 0. The van der Waals surface area contributed by atoms with E-state index in [4.69, 9.17) is 21.4 Å². The molecule has 1 saturated heterocycles. The maximum Gasteiger partial charge on any atom is 0.335 e. The summed E-state index contributed by atoms with van der Waals surface area (Å²) in [5, 5.41) is 9.57. The zero-order chi connectivity index (χ0) is 24.8. The van der Waals surface area contributed by atoms with Crippen molar-refractivity contribution in [1.82, 2.24) is 19.9 Å². The third kappa shape index (κ3) is 4.18. The molecule has 36 heavy (non-hydrogen) atoms. The Labute approximate surface area is 211 Å². The predicted octanol–water partition coefficient (Wildman–Crippen LogP) is 5.03. The number of amides is 1. The Morgan fingerprint density at radius 2 is 1.61 bits per heavy atom. The molecule has 2 fully saturated rings. The van der Waals surface area contributed by atoms with Gasteiger partial charge in [0.25, 0.3) is 6.01 Å². The van der Waals surface area contributed by atoms with Crippen LogP contribution in [0, 0.1) is 5.92 Å². The van der Waals surface area contributed by atoms with Crippen LogP contribution in [0.4, 0.5) is 0 Å². The molecule has 4 aromatic rings. The van der Waals surface area contributed by atoms with E-state index in [0.717, 1.165) is 36.2 Å². The number of aromatic carboxylic acids is 1. The summed E-state index contributed by atoms with van der Waals surface area (Å²) in [5.74, 6) is -0.655. The Morgan fingerprint density at radius 3 is 2.22 bits per heavy atom. The number of benzene rings is 2. The molecule has 9 heteroatoms. The number of likely N-dealkylation sites (tertiary alicyclic amines) is 1. The van der Waals surface area contributed by atoms with Crippen LogP contribution in [0.3, 0.4) is 0 Å². The minimum atomic E-state index is -0.950. The molecule has 0 bridgehead atoms. The van der Waals surface area contributed by atoms with Gasteiger partial charge in [-0.05, 0) is 48.6 Å². The summed E-state index contributed by atoms with van der Waals surface area (Å²) in [4.78, 5) is 37.6. The number of carbonyl (C=O) groups is 2. The van der Waals surface area contributed by atoms with Crippen LogP contribution in [0.5, 0.6) is 6.01 Å². The highest BCUT2D eigenvalue weighted by atomic mass is 35.5. The van der Waals surface area contributed by atoms with Crippen molar-refractivity contribution in [3.8, 4) is 28.4 Å². The van der Waals surface area contributed by atoms with Gasteiger partial charge in [-0.25, -0.2) is 9.78 Å². The summed E-state index contributed by atoms with van der Waals surface area (Å²) in [6.07, 6.45) is 2.48. The monoisotopic (exact) mass is 502 g/mol. The van der Waals surface area contributed by atoms with E-state index in [0.29, 0.717) is 40.7 Å². The number of ether oxygens (including phenoxy) is 1. The molecule has 2 aromatic heterocycles. The van der Waals surface area contributed by atoms with Crippen LogP contribution in [-0.4, -0.2) is 56.0 Å². The number of hydrogen-bond donors (Lipinski definition) is 2. The molecule has 0 radical (unpaired) electrons. The highest BCUT2D eigenvalue weighted by Gasteiger charge is 2.39. The number of nitrogens with zero attached hydrogens (tertiary/aromatic N) is 3. The zero-order valence-corrected chi connectivity index (χ0v) is 20.0. The van der Waals surface area contributed by atoms with E-state index in [1.165, 1.54) is 0 Å². The van der Waals surface area contributed by atoms with E-state index < -0.39 is 5.97 Å². The van der Waals surface area contributed by atoms with Crippen molar-refractivity contribution in [2.45, 2.75) is 25.4 Å². The lowest BCUT2D eigenvalue weighted by Crippen LogP contribution is -2.50. The van der Waals surface area contributed by atoms with Gasteiger partial charge in [-0.15, -0.1) is 0 Å². The summed E-state index contributed by atoms with van der Waals surface area (Å²) in [5.41, 5.74) is 4.75. The summed E-state index contributed by atoms with van der Waals surface area (Å²) in [6, 6.07) is 16.6. The zero-order valence-electron chi connectivity index (χ0n) is 19.3. The minimum Gasteiger partial charge on any atom is -0.478 e. The van der Waals surface area contributed by atoms with Crippen molar-refractivity contribution in [3.63, 3.8) is 0 Å². The van der Waals surface area contributed by atoms with E-state index in [1.807, 2.05) is 29.2 Å². The number of aromatic amines is 1. The molecule has 0 unspecified atom stereocenters. The quantitative estimate of drug-likeness (QED) is 0.382. The predicted molar refractivity (Wildman–Crippen MR) is 135 cm³/mol. The smallest absolute Gasteiger partial charge is 0.335 e. The van der Waals surface area contributed by atoms with Crippen LogP contribution in [0.25, 0.3) is 33.5 Å². The Kier molecular flexibility index (Phi) is 5.60. The van der Waals surface area contributed by atoms with Gasteiger partial charge in [0.15, 0.2) is 5.65 Å². The maximum absolute atomic E-state index is 12.3. The number of imidazole rings is 1. The second-order valence-electron chi connectivity index (χ2n) is 9.28. The van der Waals surface area contributed by atoms with Crippen LogP contribution in [0.1, 0.15) is 29.6 Å². The van der Waals surface area contributed by atoms with Crippen molar-refractivity contribution >= 4 is 34.6 Å². The molecule has 3 heterocycles. The molecule has 1 saturated carbocycles. The van der Waals surface area contributed by atoms with Crippen molar-refractivity contribution in [2.75, 3.05) is 13.1 Å². The number of carboxylic acids is 1. The van der Waals surface area contributed by atoms with Crippen LogP contribution >= 0.6 is 11.6 Å². The Balaban J connectivity index is 1.16. The number of nitrogens with one attached hydrogen (secondary N) is 1. The summed E-state index contributed by atoms with van der Waals surface area (Å²) >= 11 is 6.55. The van der Waals surface area contributed by atoms with Gasteiger partial charge in [-0.2, -0.15) is 4.98 Å². The molecule has 6 rings (SSSR count). The largest absolute Gasteiger partial charge is 0.478 e. The number of aromatic nitrogens is 3. The normalized spacial score (nSPS) is 19.0. The Hall–Kier alpha value is -3.91. The number of H-pyrrole nitrogens is 1. The highest BCUT2D eigenvalue weighted by molar-refractivity contribution is 6.33. The van der Waals surface area contributed by atoms with Gasteiger partial charge >= 0.3 is 5.97 Å². The second kappa shape index (κ2) is 8.95. The van der Waals surface area contributed by atoms with Gasteiger partial charge in [0, 0.05) is 24.6 Å². The molecular weight excluding hydrogens is 480 g/mol. The fourth-order valence-electron chi connectivity index (χ4n) is 4.60. The van der Waals surface area contributed by atoms with Crippen molar-refractivity contribution in [1.29, 1.82) is 0 Å². The second-order valence-corrected chi connectivity index (χ2v) is 9.69. The molecule has 1 amide bonds. The lowest BCUT2D eigenvalue weighted by atomic mass is 9.81. The molecule has 2 aliphatic rings. The molecule has 182 valence electrons. The molecule has 2 N–H and O–H groups in total. The van der Waals surface area contributed by atoms with Crippen LogP contribution in [-0.2, 0) is 4.79 Å². The Morgan fingerprint density at radius 1 is 0.972 bits per heavy atom. The first-order valence-electron chi connectivity index (χ1n) is 11.9. The first-order valence-corrected chi connectivity index (χ1v) is 12.3. The highest BCUT2D eigenvalue weighted by Crippen LogP contribution is 2.35. The third-order valence-electron chi connectivity index (χ3n) is 6.92. The molecule has 0 atom stereocenters. The number of rotatable bonds is 6. The maximum atomic E-state index is 12.3. The van der Waals surface area contributed by atoms with E-state index in [1.54, 1.807) is 30.3 Å². The average molecular weight is 503 g/mol. The van der Waals surface area contributed by atoms with Gasteiger partial charge in [-0.3, -0.25) is 4.79 Å². The van der Waals surface area contributed by atoms with Crippen molar-refractivity contribution in [2.24, 2.45) is 5.92 Å². The van der Waals surface area contributed by atoms with Gasteiger partial charge in [0.05, 0.1) is 21.8 Å². The summed E-state index contributed by atoms with van der Waals surface area (Å²) in [6.45, 7) is 1.75. The van der Waals surface area contributed by atoms with E-state index >= 15 is 0 Å². The number of fused-ring (bicyclic) bond motifs is 1. The Bertz CT molecular complexity index is 1460.